The molecule has 0 atom stereocenters. The molecule has 0 radical (unpaired) electrons. The van der Waals surface area contributed by atoms with Crippen LogP contribution in [0.1, 0.15) is 11.1 Å². The summed E-state index contributed by atoms with van der Waals surface area (Å²) >= 11 is 3.15. The van der Waals surface area contributed by atoms with Gasteiger partial charge in [-0.15, -0.1) is 11.8 Å². The van der Waals surface area contributed by atoms with Crippen molar-refractivity contribution in [1.29, 1.82) is 0 Å². The van der Waals surface area contributed by atoms with Crippen LogP contribution in [-0.2, 0) is 5.75 Å². The number of hydrogen-bond donors (Lipinski definition) is 1. The van der Waals surface area contributed by atoms with Crippen LogP contribution in [0.3, 0.4) is 0 Å². The molecule has 27 heavy (non-hydrogen) atoms. The number of benzene rings is 1. The van der Waals surface area contributed by atoms with Gasteiger partial charge in [-0.3, -0.25) is 0 Å². The van der Waals surface area contributed by atoms with E-state index in [2.05, 4.69) is 9.71 Å². The third-order valence-electron chi connectivity index (χ3n) is 3.65. The molecular weight excluding hydrogens is 384 g/mol. The van der Waals surface area contributed by atoms with Gasteiger partial charge in [-0.25, -0.2) is 4.98 Å². The number of pyridine rings is 1. The fourth-order valence-corrected chi connectivity index (χ4v) is 3.42. The van der Waals surface area contributed by atoms with Crippen molar-refractivity contribution in [3.05, 3.63) is 40.9 Å². The molecule has 0 fully saturated rings. The number of thioether (sulfide) groups is 1. The number of ether oxygens (including phenoxy) is 4. The Morgan fingerprint density at radius 1 is 1.00 bits per heavy atom. The quantitative estimate of drug-likeness (QED) is 0.567. The first-order chi connectivity index (χ1) is 13.2. The second-order valence-electron chi connectivity index (χ2n) is 5.27. The highest BCUT2D eigenvalue weighted by Gasteiger charge is 2.11. The molecule has 1 aromatic heterocycles. The van der Waals surface area contributed by atoms with Crippen LogP contribution in [0.4, 0.5) is 5.69 Å². The highest BCUT2D eigenvalue weighted by atomic mass is 32.2. The van der Waals surface area contributed by atoms with Gasteiger partial charge in [0.2, 0.25) is 5.88 Å². The third kappa shape index (κ3) is 5.64. The van der Waals surface area contributed by atoms with Gasteiger partial charge in [0.15, 0.2) is 0 Å². The zero-order valence-corrected chi connectivity index (χ0v) is 17.7. The molecule has 1 aromatic carbocycles. The summed E-state index contributed by atoms with van der Waals surface area (Å²) in [6.07, 6.45) is 5.75. The first kappa shape index (κ1) is 21.1. The Morgan fingerprint density at radius 2 is 1.70 bits per heavy atom. The number of hydrogen-bond acceptors (Lipinski definition) is 8. The topological polar surface area (TPSA) is 61.8 Å². The van der Waals surface area contributed by atoms with Crippen molar-refractivity contribution in [3.63, 3.8) is 0 Å². The largest absolute Gasteiger partial charge is 0.496 e. The van der Waals surface area contributed by atoms with E-state index in [1.807, 2.05) is 42.1 Å². The van der Waals surface area contributed by atoms with Crippen molar-refractivity contribution in [2.24, 2.45) is 0 Å². The van der Waals surface area contributed by atoms with Crippen molar-refractivity contribution in [3.8, 4) is 23.1 Å². The van der Waals surface area contributed by atoms with Crippen LogP contribution < -0.4 is 23.7 Å². The number of rotatable bonds is 10. The smallest absolute Gasteiger partial charge is 0.237 e. The number of nitrogens with zero attached hydrogens (tertiary/aromatic N) is 1. The zero-order valence-electron chi connectivity index (χ0n) is 16.1. The molecule has 1 heterocycles. The van der Waals surface area contributed by atoms with E-state index in [9.17, 15) is 0 Å². The summed E-state index contributed by atoms with van der Waals surface area (Å²) in [5, 5.41) is 2.01. The number of anilines is 1. The second-order valence-corrected chi connectivity index (χ2v) is 6.77. The zero-order chi connectivity index (χ0) is 19.6. The van der Waals surface area contributed by atoms with Gasteiger partial charge in [0.1, 0.15) is 22.9 Å². The lowest BCUT2D eigenvalue weighted by Gasteiger charge is -2.12. The van der Waals surface area contributed by atoms with Crippen LogP contribution in [-0.4, -0.2) is 39.7 Å². The average Bonchev–Trinajstić information content (AvgIpc) is 2.71. The lowest BCUT2D eigenvalue weighted by Crippen LogP contribution is -1.96. The Labute approximate surface area is 168 Å². The molecule has 0 spiro atoms. The van der Waals surface area contributed by atoms with E-state index in [-0.39, 0.29) is 0 Å². The fourth-order valence-electron chi connectivity index (χ4n) is 2.38. The van der Waals surface area contributed by atoms with E-state index in [4.69, 9.17) is 18.9 Å². The number of nitrogens with one attached hydrogen (secondary N) is 1. The Morgan fingerprint density at radius 3 is 2.26 bits per heavy atom. The molecule has 0 aliphatic carbocycles. The SMILES string of the molecule is COc1cc(OC)c(/C=C/SCc2cnc(OC)c(NSC)c2)c(OC)c1. The molecule has 8 heteroatoms. The maximum atomic E-state index is 5.46. The molecular formula is C19H24N2O4S2. The Kier molecular flexibility index (Phi) is 8.47. The third-order valence-corrected chi connectivity index (χ3v) is 4.90. The average molecular weight is 409 g/mol. The highest BCUT2D eigenvalue weighted by Crippen LogP contribution is 2.35. The summed E-state index contributed by atoms with van der Waals surface area (Å²) in [5.41, 5.74) is 2.83. The molecule has 0 aliphatic rings. The van der Waals surface area contributed by atoms with Crippen molar-refractivity contribution in [2.45, 2.75) is 5.75 Å². The van der Waals surface area contributed by atoms with Crippen molar-refractivity contribution < 1.29 is 18.9 Å². The lowest BCUT2D eigenvalue weighted by atomic mass is 10.1. The predicted octanol–water partition coefficient (Wildman–Crippen LogP) is 4.71. The van der Waals surface area contributed by atoms with Gasteiger partial charge in [-0.05, 0) is 23.1 Å². The minimum atomic E-state index is 0.585. The molecule has 1 N–H and O–H groups in total. The molecule has 0 bridgehead atoms. The Balaban J connectivity index is 2.11. The number of methoxy groups -OCH3 is 4. The van der Waals surface area contributed by atoms with Gasteiger partial charge in [0.05, 0.1) is 34.0 Å². The molecule has 0 aliphatic heterocycles. The molecule has 0 amide bonds. The van der Waals surface area contributed by atoms with Crippen LogP contribution in [0, 0.1) is 0 Å². The van der Waals surface area contributed by atoms with Gasteiger partial charge in [0, 0.05) is 30.3 Å². The van der Waals surface area contributed by atoms with E-state index in [1.54, 1.807) is 40.2 Å². The van der Waals surface area contributed by atoms with Crippen molar-refractivity contribution >= 4 is 35.5 Å². The second kappa shape index (κ2) is 10.8. The molecule has 0 saturated carbocycles. The van der Waals surface area contributed by atoms with Crippen LogP contribution in [0.2, 0.25) is 0 Å². The fraction of sp³-hybridized carbons (Fsp3) is 0.316. The van der Waals surface area contributed by atoms with Gasteiger partial charge < -0.3 is 23.7 Å². The minimum absolute atomic E-state index is 0.585. The van der Waals surface area contributed by atoms with Gasteiger partial charge in [-0.2, -0.15) is 0 Å². The molecule has 0 unspecified atom stereocenters. The molecule has 0 saturated heterocycles. The van der Waals surface area contributed by atoms with Crippen molar-refractivity contribution in [1.82, 2.24) is 4.98 Å². The van der Waals surface area contributed by atoms with E-state index in [0.717, 1.165) is 22.6 Å². The minimum Gasteiger partial charge on any atom is -0.496 e. The first-order valence-electron chi connectivity index (χ1n) is 8.06. The Bertz CT molecular complexity index is 759. The van der Waals surface area contributed by atoms with Crippen LogP contribution >= 0.6 is 23.7 Å². The summed E-state index contributed by atoms with van der Waals surface area (Å²) in [6, 6.07) is 5.71. The summed E-state index contributed by atoms with van der Waals surface area (Å²) in [5.74, 6) is 3.44. The molecule has 2 aromatic rings. The van der Waals surface area contributed by atoms with E-state index in [0.29, 0.717) is 23.1 Å². The summed E-state index contributed by atoms with van der Waals surface area (Å²) in [4.78, 5) is 4.34. The molecule has 2 rings (SSSR count). The first-order valence-corrected chi connectivity index (χ1v) is 10.3. The van der Waals surface area contributed by atoms with Gasteiger partial charge >= 0.3 is 0 Å². The molecule has 146 valence electrons. The highest BCUT2D eigenvalue weighted by molar-refractivity contribution is 8.01. The predicted molar refractivity (Wildman–Crippen MR) is 114 cm³/mol. The van der Waals surface area contributed by atoms with Gasteiger partial charge in [-0.1, -0.05) is 11.9 Å². The van der Waals surface area contributed by atoms with Crippen LogP contribution in [0.25, 0.3) is 6.08 Å². The standard InChI is InChI=1S/C19H24N2O4S2/c1-22-14-9-17(23-2)15(18(10-14)24-3)6-7-27-12-13-8-16(21-26-5)19(25-4)20-11-13/h6-11,21H,12H2,1-5H3/b7-6+. The molecule has 6 nitrogen and oxygen atoms in total. The Hall–Kier alpha value is -2.19. The monoisotopic (exact) mass is 408 g/mol. The van der Waals surface area contributed by atoms with E-state index >= 15 is 0 Å². The normalized spacial score (nSPS) is 10.7. The van der Waals surface area contributed by atoms with Crippen molar-refractivity contribution in [2.75, 3.05) is 39.4 Å². The van der Waals surface area contributed by atoms with E-state index in [1.165, 1.54) is 11.9 Å². The maximum absolute atomic E-state index is 5.46. The summed E-state index contributed by atoms with van der Waals surface area (Å²) in [6.45, 7) is 0. The van der Waals surface area contributed by atoms with Crippen LogP contribution in [0.5, 0.6) is 23.1 Å². The van der Waals surface area contributed by atoms with E-state index < -0.39 is 0 Å². The van der Waals surface area contributed by atoms with Gasteiger partial charge in [0.25, 0.3) is 0 Å². The maximum Gasteiger partial charge on any atom is 0.237 e. The summed E-state index contributed by atoms with van der Waals surface area (Å²) < 4.78 is 24.6. The van der Waals surface area contributed by atoms with Crippen LogP contribution in [0.15, 0.2) is 29.8 Å². The number of aromatic nitrogens is 1. The summed E-state index contributed by atoms with van der Waals surface area (Å²) in [7, 11) is 6.48. The lowest BCUT2D eigenvalue weighted by molar-refractivity contribution is 0.374.